The van der Waals surface area contributed by atoms with Gasteiger partial charge >= 0.3 is 0 Å². The summed E-state index contributed by atoms with van der Waals surface area (Å²) in [6.45, 7) is 2.56. The summed E-state index contributed by atoms with van der Waals surface area (Å²) in [4.78, 5) is 15.9. The van der Waals surface area contributed by atoms with Gasteiger partial charge in [0, 0.05) is 12.7 Å². The van der Waals surface area contributed by atoms with Crippen molar-refractivity contribution in [1.29, 1.82) is 0 Å². The van der Waals surface area contributed by atoms with E-state index >= 15 is 0 Å². The molecule has 1 aliphatic rings. The van der Waals surface area contributed by atoms with Gasteiger partial charge in [-0.2, -0.15) is 0 Å². The Balaban J connectivity index is 1.97. The van der Waals surface area contributed by atoms with Crippen LogP contribution in [0.15, 0.2) is 12.3 Å². The fraction of sp³-hybridized carbons (Fsp3) is 0.538. The summed E-state index contributed by atoms with van der Waals surface area (Å²) in [6, 6.07) is 1.51. The molecule has 1 aromatic rings. The summed E-state index contributed by atoms with van der Waals surface area (Å²) < 4.78 is 5.20. The molecule has 1 heterocycles. The normalized spacial score (nSPS) is 16.6. The smallest absolute Gasteiger partial charge is 0.253 e. The van der Waals surface area contributed by atoms with Gasteiger partial charge in [0.2, 0.25) is 5.88 Å². The standard InChI is InChI=1S/C13H17ClN2O3/c1-2-19-12-10(14)6-9(7-15-12)11(17)16-8-13(18)4-3-5-13/h6-7,18H,2-5,8H2,1H3,(H,16,17). The Labute approximate surface area is 116 Å². The van der Waals surface area contributed by atoms with E-state index in [0.29, 0.717) is 23.1 Å². The van der Waals surface area contributed by atoms with E-state index in [1.54, 1.807) is 0 Å². The number of rotatable bonds is 5. The van der Waals surface area contributed by atoms with Gasteiger partial charge in [-0.3, -0.25) is 4.79 Å². The van der Waals surface area contributed by atoms with E-state index in [2.05, 4.69) is 10.3 Å². The molecule has 0 aliphatic heterocycles. The molecule has 19 heavy (non-hydrogen) atoms. The van der Waals surface area contributed by atoms with Crippen LogP contribution < -0.4 is 10.1 Å². The average Bonchev–Trinajstić information content (AvgIpc) is 2.36. The molecule has 6 heteroatoms. The number of nitrogens with zero attached hydrogens (tertiary/aromatic N) is 1. The third-order valence-corrected chi connectivity index (χ3v) is 3.48. The second-order valence-electron chi connectivity index (χ2n) is 4.70. The van der Waals surface area contributed by atoms with Crippen LogP contribution in [0.1, 0.15) is 36.5 Å². The molecule has 1 amide bonds. The van der Waals surface area contributed by atoms with Crippen LogP contribution in [0, 0.1) is 0 Å². The molecule has 1 fully saturated rings. The molecule has 5 nitrogen and oxygen atoms in total. The predicted molar refractivity (Wildman–Crippen MR) is 71.6 cm³/mol. The van der Waals surface area contributed by atoms with Gasteiger partial charge in [-0.25, -0.2) is 4.98 Å². The molecule has 0 unspecified atom stereocenters. The first-order valence-corrected chi connectivity index (χ1v) is 6.71. The second kappa shape index (κ2) is 5.75. The highest BCUT2D eigenvalue weighted by Gasteiger charge is 2.34. The number of nitrogens with one attached hydrogen (secondary N) is 1. The zero-order chi connectivity index (χ0) is 13.9. The Morgan fingerprint density at radius 2 is 2.37 bits per heavy atom. The summed E-state index contributed by atoms with van der Waals surface area (Å²) in [5, 5.41) is 12.9. The Morgan fingerprint density at radius 1 is 1.63 bits per heavy atom. The molecule has 104 valence electrons. The molecule has 1 saturated carbocycles. The van der Waals surface area contributed by atoms with Crippen molar-refractivity contribution in [3.8, 4) is 5.88 Å². The maximum atomic E-state index is 11.9. The molecule has 0 atom stereocenters. The summed E-state index contributed by atoms with van der Waals surface area (Å²) in [5.41, 5.74) is -0.380. The van der Waals surface area contributed by atoms with E-state index in [1.807, 2.05) is 6.92 Å². The van der Waals surface area contributed by atoms with Gasteiger partial charge in [0.25, 0.3) is 5.91 Å². The van der Waals surface area contributed by atoms with Crippen molar-refractivity contribution in [2.24, 2.45) is 0 Å². The number of amides is 1. The molecule has 2 N–H and O–H groups in total. The van der Waals surface area contributed by atoms with E-state index in [9.17, 15) is 9.90 Å². The predicted octanol–water partition coefficient (Wildman–Crippen LogP) is 1.78. The first-order valence-electron chi connectivity index (χ1n) is 6.33. The highest BCUT2D eigenvalue weighted by molar-refractivity contribution is 6.32. The van der Waals surface area contributed by atoms with Crippen LogP contribution in [0.25, 0.3) is 0 Å². The van der Waals surface area contributed by atoms with Crippen molar-refractivity contribution < 1.29 is 14.6 Å². The molecule has 0 spiro atoms. The number of carbonyl (C=O) groups is 1. The van der Waals surface area contributed by atoms with Crippen LogP contribution in [0.5, 0.6) is 5.88 Å². The number of halogens is 1. The minimum atomic E-state index is -0.738. The van der Waals surface area contributed by atoms with Crippen LogP contribution >= 0.6 is 11.6 Å². The molecule has 0 bridgehead atoms. The number of aromatic nitrogens is 1. The lowest BCUT2D eigenvalue weighted by Gasteiger charge is -2.36. The number of hydrogen-bond donors (Lipinski definition) is 2. The van der Waals surface area contributed by atoms with Crippen molar-refractivity contribution in [3.63, 3.8) is 0 Å². The molecule has 0 aromatic carbocycles. The quantitative estimate of drug-likeness (QED) is 0.864. The maximum Gasteiger partial charge on any atom is 0.253 e. The Kier molecular flexibility index (Phi) is 4.27. The van der Waals surface area contributed by atoms with Crippen LogP contribution in [-0.2, 0) is 0 Å². The van der Waals surface area contributed by atoms with E-state index < -0.39 is 5.60 Å². The summed E-state index contributed by atoms with van der Waals surface area (Å²) >= 11 is 5.96. The number of pyridine rings is 1. The first kappa shape index (κ1) is 14.1. The molecule has 2 rings (SSSR count). The van der Waals surface area contributed by atoms with Gasteiger partial charge in [0.05, 0.1) is 17.8 Å². The van der Waals surface area contributed by atoms with Gasteiger partial charge in [0.1, 0.15) is 5.02 Å². The number of hydrogen-bond acceptors (Lipinski definition) is 4. The Bertz CT molecular complexity index is 475. The van der Waals surface area contributed by atoms with Gasteiger partial charge in [-0.05, 0) is 32.3 Å². The van der Waals surface area contributed by atoms with E-state index in [-0.39, 0.29) is 12.5 Å². The summed E-state index contributed by atoms with van der Waals surface area (Å²) in [6.07, 6.45) is 3.88. The molecule has 1 aliphatic carbocycles. The van der Waals surface area contributed by atoms with Crippen molar-refractivity contribution in [3.05, 3.63) is 22.8 Å². The lowest BCUT2D eigenvalue weighted by Crippen LogP contribution is -2.47. The fourth-order valence-corrected chi connectivity index (χ4v) is 2.12. The monoisotopic (exact) mass is 284 g/mol. The lowest BCUT2D eigenvalue weighted by molar-refractivity contribution is -0.0300. The van der Waals surface area contributed by atoms with Crippen LogP contribution in [-0.4, -0.2) is 34.8 Å². The minimum absolute atomic E-state index is 0.261. The molecule has 0 saturated heterocycles. The lowest BCUT2D eigenvalue weighted by atomic mass is 9.80. The number of ether oxygens (including phenoxy) is 1. The molecule has 1 aromatic heterocycles. The second-order valence-corrected chi connectivity index (χ2v) is 5.11. The van der Waals surface area contributed by atoms with E-state index in [4.69, 9.17) is 16.3 Å². The number of aliphatic hydroxyl groups is 1. The number of carbonyl (C=O) groups excluding carboxylic acids is 1. The molecule has 0 radical (unpaired) electrons. The maximum absolute atomic E-state index is 11.9. The van der Waals surface area contributed by atoms with Crippen molar-refractivity contribution in [2.75, 3.05) is 13.2 Å². The highest BCUT2D eigenvalue weighted by Crippen LogP contribution is 2.30. The zero-order valence-corrected chi connectivity index (χ0v) is 11.5. The fourth-order valence-electron chi connectivity index (χ4n) is 1.90. The average molecular weight is 285 g/mol. The minimum Gasteiger partial charge on any atom is -0.477 e. The van der Waals surface area contributed by atoms with Crippen LogP contribution in [0.3, 0.4) is 0 Å². The first-order chi connectivity index (χ1) is 9.04. The Morgan fingerprint density at radius 3 is 2.89 bits per heavy atom. The van der Waals surface area contributed by atoms with Crippen molar-refractivity contribution in [2.45, 2.75) is 31.8 Å². The largest absolute Gasteiger partial charge is 0.477 e. The van der Waals surface area contributed by atoms with Crippen LogP contribution in [0.4, 0.5) is 0 Å². The molecular weight excluding hydrogens is 268 g/mol. The van der Waals surface area contributed by atoms with Crippen molar-refractivity contribution in [1.82, 2.24) is 10.3 Å². The summed E-state index contributed by atoms with van der Waals surface area (Å²) in [7, 11) is 0. The SMILES string of the molecule is CCOc1ncc(C(=O)NCC2(O)CCC2)cc1Cl. The van der Waals surface area contributed by atoms with Gasteiger partial charge in [-0.1, -0.05) is 11.6 Å². The Hall–Kier alpha value is -1.33. The third kappa shape index (κ3) is 3.36. The zero-order valence-electron chi connectivity index (χ0n) is 10.8. The van der Waals surface area contributed by atoms with Gasteiger partial charge in [-0.15, -0.1) is 0 Å². The third-order valence-electron chi connectivity index (χ3n) is 3.21. The van der Waals surface area contributed by atoms with E-state index in [0.717, 1.165) is 19.3 Å². The van der Waals surface area contributed by atoms with Crippen molar-refractivity contribution >= 4 is 17.5 Å². The van der Waals surface area contributed by atoms with Gasteiger partial charge in [0.15, 0.2) is 0 Å². The summed E-state index contributed by atoms with van der Waals surface area (Å²) in [5.74, 6) is 0.0242. The topological polar surface area (TPSA) is 71.5 Å². The highest BCUT2D eigenvalue weighted by atomic mass is 35.5. The van der Waals surface area contributed by atoms with E-state index in [1.165, 1.54) is 12.3 Å². The van der Waals surface area contributed by atoms with Crippen LogP contribution in [0.2, 0.25) is 5.02 Å². The molecular formula is C13H17ClN2O3. The van der Waals surface area contributed by atoms with Gasteiger partial charge < -0.3 is 15.2 Å².